The zero-order valence-electron chi connectivity index (χ0n) is 9.26. The van der Waals surface area contributed by atoms with Crippen LogP contribution in [0, 0.1) is 0 Å². The van der Waals surface area contributed by atoms with Gasteiger partial charge in [0.15, 0.2) is 5.82 Å². The Hall–Kier alpha value is -1.42. The quantitative estimate of drug-likeness (QED) is 0.770. The van der Waals surface area contributed by atoms with Crippen molar-refractivity contribution < 1.29 is 0 Å². The van der Waals surface area contributed by atoms with Crippen LogP contribution in [0.1, 0.15) is 31.2 Å². The van der Waals surface area contributed by atoms with Gasteiger partial charge in [-0.1, -0.05) is 26.0 Å². The number of alkyl halides is 1. The minimum absolute atomic E-state index is 0.304. The van der Waals surface area contributed by atoms with Gasteiger partial charge < -0.3 is 0 Å². The van der Waals surface area contributed by atoms with Gasteiger partial charge in [0.25, 0.3) is 0 Å². The van der Waals surface area contributed by atoms with E-state index in [0.717, 1.165) is 5.69 Å². The summed E-state index contributed by atoms with van der Waals surface area (Å²) in [6.07, 6.45) is 0. The molecule has 0 radical (unpaired) electrons. The predicted octanol–water partition coefficient (Wildman–Crippen LogP) is 2.52. The average Bonchev–Trinajstić information content (AvgIpc) is 2.77. The standard InChI is InChI=1S/C11H13ClN4/c1-8(2)9-4-3-5-10(6-9)16-11(7-12)13-14-15-16/h3-6,8H,7H2,1-2H3. The number of rotatable bonds is 3. The summed E-state index contributed by atoms with van der Waals surface area (Å²) in [6, 6.07) is 8.15. The Kier molecular flexibility index (Phi) is 3.19. The van der Waals surface area contributed by atoms with E-state index in [1.54, 1.807) is 4.68 Å². The van der Waals surface area contributed by atoms with Crippen molar-refractivity contribution in [1.29, 1.82) is 0 Å². The Labute approximate surface area is 99.2 Å². The van der Waals surface area contributed by atoms with Gasteiger partial charge in [-0.25, -0.2) is 0 Å². The molecule has 4 nitrogen and oxygen atoms in total. The van der Waals surface area contributed by atoms with E-state index >= 15 is 0 Å². The summed E-state index contributed by atoms with van der Waals surface area (Å²) in [5.74, 6) is 1.44. The van der Waals surface area contributed by atoms with Crippen LogP contribution in [0.15, 0.2) is 24.3 Å². The van der Waals surface area contributed by atoms with E-state index in [-0.39, 0.29) is 0 Å². The second kappa shape index (κ2) is 4.61. The molecule has 2 rings (SSSR count). The zero-order chi connectivity index (χ0) is 11.5. The van der Waals surface area contributed by atoms with Gasteiger partial charge in [0.05, 0.1) is 11.6 Å². The molecule has 2 aromatic rings. The maximum atomic E-state index is 5.76. The molecule has 0 atom stereocenters. The fraction of sp³-hybridized carbons (Fsp3) is 0.364. The van der Waals surface area contributed by atoms with E-state index < -0.39 is 0 Å². The van der Waals surface area contributed by atoms with Crippen molar-refractivity contribution in [2.45, 2.75) is 25.6 Å². The van der Waals surface area contributed by atoms with E-state index in [1.165, 1.54) is 5.56 Å². The molecule has 0 spiro atoms. The Balaban J connectivity index is 2.44. The van der Waals surface area contributed by atoms with E-state index in [1.807, 2.05) is 12.1 Å². The van der Waals surface area contributed by atoms with Gasteiger partial charge in [0.2, 0.25) is 0 Å². The summed E-state index contributed by atoms with van der Waals surface area (Å²) in [5, 5.41) is 11.4. The fourth-order valence-corrected chi connectivity index (χ4v) is 1.67. The first-order chi connectivity index (χ1) is 7.72. The molecular weight excluding hydrogens is 224 g/mol. The molecule has 1 aromatic carbocycles. The SMILES string of the molecule is CC(C)c1cccc(-n2nnnc2CCl)c1. The highest BCUT2D eigenvalue weighted by molar-refractivity contribution is 6.16. The Morgan fingerprint density at radius 1 is 1.38 bits per heavy atom. The van der Waals surface area contributed by atoms with E-state index in [4.69, 9.17) is 11.6 Å². The molecule has 1 aromatic heterocycles. The zero-order valence-corrected chi connectivity index (χ0v) is 10.0. The molecule has 0 fully saturated rings. The molecule has 0 amide bonds. The highest BCUT2D eigenvalue weighted by atomic mass is 35.5. The van der Waals surface area contributed by atoms with Gasteiger partial charge >= 0.3 is 0 Å². The molecule has 1 heterocycles. The van der Waals surface area contributed by atoms with Gasteiger partial charge in [0, 0.05) is 0 Å². The van der Waals surface area contributed by atoms with E-state index in [2.05, 4.69) is 41.5 Å². The predicted molar refractivity (Wildman–Crippen MR) is 62.8 cm³/mol. The molecule has 0 unspecified atom stereocenters. The maximum Gasteiger partial charge on any atom is 0.171 e. The third-order valence-electron chi connectivity index (χ3n) is 2.44. The highest BCUT2D eigenvalue weighted by Crippen LogP contribution is 2.18. The monoisotopic (exact) mass is 236 g/mol. The lowest BCUT2D eigenvalue weighted by Crippen LogP contribution is -2.02. The largest absolute Gasteiger partial charge is 0.196 e. The van der Waals surface area contributed by atoms with Crippen LogP contribution >= 0.6 is 11.6 Å². The van der Waals surface area contributed by atoms with Gasteiger partial charge in [-0.3, -0.25) is 0 Å². The molecule has 0 aliphatic rings. The minimum atomic E-state index is 0.304. The van der Waals surface area contributed by atoms with Crippen LogP contribution < -0.4 is 0 Å². The maximum absolute atomic E-state index is 5.76. The van der Waals surface area contributed by atoms with Crippen LogP contribution in [0.3, 0.4) is 0 Å². The first kappa shape index (κ1) is 11.1. The summed E-state index contributed by atoms with van der Waals surface area (Å²) >= 11 is 5.76. The Bertz CT molecular complexity index is 478. The topological polar surface area (TPSA) is 43.6 Å². The van der Waals surface area contributed by atoms with Crippen LogP contribution in [0.25, 0.3) is 5.69 Å². The summed E-state index contributed by atoms with van der Waals surface area (Å²) < 4.78 is 1.67. The number of hydrogen-bond donors (Lipinski definition) is 0. The van der Waals surface area contributed by atoms with Gasteiger partial charge in [-0.2, -0.15) is 4.68 Å². The van der Waals surface area contributed by atoms with Crippen molar-refractivity contribution in [2.24, 2.45) is 0 Å². The number of hydrogen-bond acceptors (Lipinski definition) is 3. The molecule has 0 saturated carbocycles. The third-order valence-corrected chi connectivity index (χ3v) is 2.67. The Morgan fingerprint density at radius 3 is 2.88 bits per heavy atom. The molecular formula is C11H13ClN4. The van der Waals surface area contributed by atoms with Gasteiger partial charge in [-0.15, -0.1) is 16.7 Å². The first-order valence-corrected chi connectivity index (χ1v) is 5.69. The van der Waals surface area contributed by atoms with Crippen LogP contribution in [0.5, 0.6) is 0 Å². The van der Waals surface area contributed by atoms with E-state index in [0.29, 0.717) is 17.6 Å². The number of nitrogens with zero attached hydrogens (tertiary/aromatic N) is 4. The van der Waals surface area contributed by atoms with Crippen LogP contribution in [0.4, 0.5) is 0 Å². The van der Waals surface area contributed by atoms with Crippen molar-refractivity contribution in [2.75, 3.05) is 0 Å². The minimum Gasteiger partial charge on any atom is -0.196 e. The lowest BCUT2D eigenvalue weighted by molar-refractivity contribution is 0.772. The van der Waals surface area contributed by atoms with Crippen molar-refractivity contribution in [3.05, 3.63) is 35.7 Å². The van der Waals surface area contributed by atoms with Crippen molar-refractivity contribution in [1.82, 2.24) is 20.2 Å². The number of tetrazole rings is 1. The molecule has 0 N–H and O–H groups in total. The van der Waals surface area contributed by atoms with Crippen LogP contribution in [-0.4, -0.2) is 20.2 Å². The fourth-order valence-electron chi connectivity index (χ4n) is 1.51. The summed E-state index contributed by atoms with van der Waals surface area (Å²) in [5.41, 5.74) is 2.21. The molecule has 0 aliphatic heterocycles. The highest BCUT2D eigenvalue weighted by Gasteiger charge is 2.08. The molecule has 0 bridgehead atoms. The summed E-state index contributed by atoms with van der Waals surface area (Å²) in [4.78, 5) is 0. The van der Waals surface area contributed by atoms with Crippen LogP contribution in [-0.2, 0) is 5.88 Å². The lowest BCUT2D eigenvalue weighted by atomic mass is 10.0. The molecule has 0 aliphatic carbocycles. The molecule has 5 heteroatoms. The molecule has 0 saturated heterocycles. The Morgan fingerprint density at radius 2 is 2.19 bits per heavy atom. The number of aromatic nitrogens is 4. The van der Waals surface area contributed by atoms with E-state index in [9.17, 15) is 0 Å². The molecule has 84 valence electrons. The first-order valence-electron chi connectivity index (χ1n) is 5.16. The summed E-state index contributed by atoms with van der Waals surface area (Å²) in [7, 11) is 0. The van der Waals surface area contributed by atoms with Gasteiger partial charge in [0.1, 0.15) is 0 Å². The second-order valence-corrected chi connectivity index (χ2v) is 4.16. The smallest absolute Gasteiger partial charge is 0.171 e. The van der Waals surface area contributed by atoms with Crippen molar-refractivity contribution in [3.8, 4) is 5.69 Å². The second-order valence-electron chi connectivity index (χ2n) is 3.89. The number of halogens is 1. The average molecular weight is 237 g/mol. The molecule has 16 heavy (non-hydrogen) atoms. The van der Waals surface area contributed by atoms with Crippen molar-refractivity contribution >= 4 is 11.6 Å². The lowest BCUT2D eigenvalue weighted by Gasteiger charge is -2.08. The normalized spacial score (nSPS) is 11.0. The summed E-state index contributed by atoms with van der Waals surface area (Å²) in [6.45, 7) is 4.31. The van der Waals surface area contributed by atoms with Crippen molar-refractivity contribution in [3.63, 3.8) is 0 Å². The van der Waals surface area contributed by atoms with Gasteiger partial charge in [-0.05, 0) is 34.0 Å². The third kappa shape index (κ3) is 2.07. The van der Waals surface area contributed by atoms with Crippen LogP contribution in [0.2, 0.25) is 0 Å². The number of benzene rings is 1.